The van der Waals surface area contributed by atoms with Gasteiger partial charge >= 0.3 is 0 Å². The number of sulfone groups is 1. The van der Waals surface area contributed by atoms with Crippen LogP contribution in [0.25, 0.3) is 16.7 Å². The van der Waals surface area contributed by atoms with Crippen LogP contribution in [0.2, 0.25) is 16.6 Å². The number of hydrogen-bond donors (Lipinski definition) is 0. The van der Waals surface area contributed by atoms with Crippen molar-refractivity contribution < 1.29 is 13.2 Å². The van der Waals surface area contributed by atoms with Crippen LogP contribution in [0.3, 0.4) is 0 Å². The summed E-state index contributed by atoms with van der Waals surface area (Å²) in [5.74, 6) is 2.78. The van der Waals surface area contributed by atoms with Crippen molar-refractivity contribution in [1.82, 2.24) is 19.4 Å². The Hall–Kier alpha value is -3.29. The predicted octanol–water partition coefficient (Wildman–Crippen LogP) is 4.46. The number of hydrogen-bond acceptors (Lipinski definition) is 6. The summed E-state index contributed by atoms with van der Waals surface area (Å²) in [7, 11) is -2.86. The Morgan fingerprint density at radius 3 is 2.03 bits per heavy atom. The summed E-state index contributed by atoms with van der Waals surface area (Å²) in [6.07, 6.45) is 2.37. The lowest BCUT2D eigenvalue weighted by Crippen LogP contribution is -2.43. The molecule has 1 amide bonds. The number of nitrogens with zero attached hydrogens (tertiary/aromatic N) is 4. The lowest BCUT2D eigenvalue weighted by atomic mass is 10.0. The Morgan fingerprint density at radius 2 is 1.55 bits per heavy atom. The monoisotopic (exact) mass is 552 g/mol. The molecule has 0 fully saturated rings. The van der Waals surface area contributed by atoms with Gasteiger partial charge in [0.15, 0.2) is 5.65 Å². The summed E-state index contributed by atoms with van der Waals surface area (Å²) < 4.78 is 26.0. The molecule has 3 rings (SSSR count). The fraction of sp³-hybridized carbons (Fsp3) is 0.429. The molecule has 2 heterocycles. The average molecular weight is 553 g/mol. The van der Waals surface area contributed by atoms with Crippen molar-refractivity contribution in [2.24, 2.45) is 0 Å². The van der Waals surface area contributed by atoms with Crippen LogP contribution in [0, 0.1) is 11.5 Å². The topological polar surface area (TPSA) is 102 Å². The summed E-state index contributed by atoms with van der Waals surface area (Å²) in [6, 6.07) is 8.70. The molecule has 0 aliphatic heterocycles. The van der Waals surface area contributed by atoms with Crippen LogP contribution >= 0.6 is 0 Å². The van der Waals surface area contributed by atoms with E-state index < -0.39 is 34.5 Å². The number of carbonyl (C=O) groups is 1. The average Bonchev–Trinajstić information content (AvgIpc) is 2.82. The molecule has 0 bridgehead atoms. The molecule has 1 aromatic carbocycles. The van der Waals surface area contributed by atoms with E-state index >= 15 is 0 Å². The quantitative estimate of drug-likeness (QED) is 0.254. The van der Waals surface area contributed by atoms with Gasteiger partial charge in [-0.1, -0.05) is 65.7 Å². The maximum absolute atomic E-state index is 14.1. The molecule has 8 nitrogen and oxygen atoms in total. The van der Waals surface area contributed by atoms with Crippen LogP contribution in [-0.2, 0) is 9.84 Å². The Balaban J connectivity index is 2.62. The molecule has 0 aliphatic rings. The van der Waals surface area contributed by atoms with Gasteiger partial charge in [0.05, 0.1) is 16.6 Å². The molecule has 0 radical (unpaired) electrons. The lowest BCUT2D eigenvalue weighted by Gasteiger charge is -2.38. The second-order valence-electron chi connectivity index (χ2n) is 10.7. The first kappa shape index (κ1) is 29.3. The molecular weight excluding hydrogens is 516 g/mol. The van der Waals surface area contributed by atoms with Gasteiger partial charge in [0.1, 0.15) is 13.6 Å². The highest BCUT2D eigenvalue weighted by atomic mass is 32.2. The molecule has 2 aromatic heterocycles. The van der Waals surface area contributed by atoms with Gasteiger partial charge in [0.25, 0.3) is 11.5 Å². The zero-order chi connectivity index (χ0) is 28.6. The van der Waals surface area contributed by atoms with E-state index in [9.17, 15) is 18.0 Å². The maximum atomic E-state index is 14.1. The van der Waals surface area contributed by atoms with Crippen molar-refractivity contribution in [3.8, 4) is 17.2 Å². The SMILES string of the molecule is CC(C)[Si](C#Cc1c(C(=O)N(C)C)c(=O)n(-c2ccccc2)c2nc(S(C)(=O)=O)ncc12)(C(C)C)C(C)C. The van der Waals surface area contributed by atoms with Gasteiger partial charge < -0.3 is 4.90 Å². The number of para-hydroxylation sites is 1. The molecule has 0 aliphatic carbocycles. The Labute approximate surface area is 226 Å². The third-order valence-electron chi connectivity index (χ3n) is 7.13. The maximum Gasteiger partial charge on any atom is 0.270 e. The van der Waals surface area contributed by atoms with Crippen molar-refractivity contribution in [3.05, 3.63) is 58.0 Å². The van der Waals surface area contributed by atoms with Gasteiger partial charge in [0, 0.05) is 26.5 Å². The first-order chi connectivity index (χ1) is 17.6. The molecule has 38 heavy (non-hydrogen) atoms. The molecule has 10 heteroatoms. The molecule has 3 aromatic rings. The van der Waals surface area contributed by atoms with E-state index in [0.717, 1.165) is 6.26 Å². The second kappa shape index (κ2) is 10.8. The van der Waals surface area contributed by atoms with Crippen LogP contribution in [0.15, 0.2) is 46.5 Å². The van der Waals surface area contributed by atoms with E-state index in [1.807, 2.05) is 0 Å². The van der Waals surface area contributed by atoms with Gasteiger partial charge in [-0.15, -0.1) is 5.54 Å². The van der Waals surface area contributed by atoms with Crippen molar-refractivity contribution in [2.75, 3.05) is 20.4 Å². The van der Waals surface area contributed by atoms with Gasteiger partial charge in [-0.05, 0) is 28.8 Å². The van der Waals surface area contributed by atoms with Crippen LogP contribution in [0.4, 0.5) is 0 Å². The first-order valence-corrected chi connectivity index (χ1v) is 16.7. The van der Waals surface area contributed by atoms with Crippen molar-refractivity contribution in [2.45, 2.75) is 63.3 Å². The van der Waals surface area contributed by atoms with E-state index in [4.69, 9.17) is 0 Å². The van der Waals surface area contributed by atoms with Crippen molar-refractivity contribution >= 4 is 34.9 Å². The molecule has 0 atom stereocenters. The summed E-state index contributed by atoms with van der Waals surface area (Å²) in [5, 5.41) is -0.0624. The number of benzene rings is 1. The summed E-state index contributed by atoms with van der Waals surface area (Å²) in [5.41, 5.74) is 4.64. The second-order valence-corrected chi connectivity index (χ2v) is 18.2. The predicted molar refractivity (Wildman–Crippen MR) is 154 cm³/mol. The van der Waals surface area contributed by atoms with E-state index in [-0.39, 0.29) is 16.8 Å². The number of rotatable bonds is 6. The minimum atomic E-state index is -3.77. The fourth-order valence-electron chi connectivity index (χ4n) is 5.30. The molecule has 0 N–H and O–H groups in total. The number of fused-ring (bicyclic) bond motifs is 1. The van der Waals surface area contributed by atoms with Crippen LogP contribution in [-0.4, -0.2) is 62.2 Å². The highest BCUT2D eigenvalue weighted by Crippen LogP contribution is 2.41. The summed E-state index contributed by atoms with van der Waals surface area (Å²) >= 11 is 0. The zero-order valence-electron chi connectivity index (χ0n) is 23.5. The van der Waals surface area contributed by atoms with Crippen LogP contribution in [0.1, 0.15) is 57.5 Å². The third kappa shape index (κ3) is 5.18. The number of amides is 1. The van der Waals surface area contributed by atoms with E-state index in [0.29, 0.717) is 27.7 Å². The smallest absolute Gasteiger partial charge is 0.270 e. The largest absolute Gasteiger partial charge is 0.345 e. The number of aromatic nitrogens is 3. The van der Waals surface area contributed by atoms with Crippen molar-refractivity contribution in [3.63, 3.8) is 0 Å². The van der Waals surface area contributed by atoms with E-state index in [1.165, 1.54) is 15.7 Å². The fourth-order valence-corrected chi connectivity index (χ4v) is 11.0. The molecule has 0 saturated heterocycles. The van der Waals surface area contributed by atoms with Crippen LogP contribution in [0.5, 0.6) is 0 Å². The number of carbonyl (C=O) groups excluding carboxylic acids is 1. The third-order valence-corrected chi connectivity index (χ3v) is 14.3. The highest BCUT2D eigenvalue weighted by Gasteiger charge is 2.42. The summed E-state index contributed by atoms with van der Waals surface area (Å²) in [6.45, 7) is 13.1. The highest BCUT2D eigenvalue weighted by molar-refractivity contribution is 7.90. The minimum Gasteiger partial charge on any atom is -0.345 e. The lowest BCUT2D eigenvalue weighted by molar-refractivity contribution is 0.0825. The molecule has 0 saturated carbocycles. The first-order valence-electron chi connectivity index (χ1n) is 12.6. The van der Waals surface area contributed by atoms with Gasteiger partial charge in [-0.2, -0.15) is 4.98 Å². The molecule has 0 unspecified atom stereocenters. The Bertz CT molecular complexity index is 1580. The van der Waals surface area contributed by atoms with Gasteiger partial charge in [0.2, 0.25) is 15.0 Å². The number of pyridine rings is 1. The van der Waals surface area contributed by atoms with Gasteiger partial charge in [-0.25, -0.2) is 13.4 Å². The minimum absolute atomic E-state index is 0.0853. The van der Waals surface area contributed by atoms with E-state index in [1.54, 1.807) is 44.4 Å². The standard InChI is InChI=1S/C28H36N4O4SSi/c1-18(2)38(19(3)4,20(5)6)16-15-22-23-17-29-28(37(9,35)36)30-25(23)32(21-13-11-10-12-14-21)27(34)24(22)26(33)31(7)8/h10-14,17-20H,1-9H3. The Morgan fingerprint density at radius 1 is 1.00 bits per heavy atom. The molecule has 0 spiro atoms. The summed E-state index contributed by atoms with van der Waals surface area (Å²) in [4.78, 5) is 37.3. The zero-order valence-corrected chi connectivity index (χ0v) is 25.3. The molecular formula is C28H36N4O4SSi. The molecule has 202 valence electrons. The normalized spacial score (nSPS) is 12.2. The van der Waals surface area contributed by atoms with Crippen LogP contribution < -0.4 is 5.56 Å². The Kier molecular flexibility index (Phi) is 8.34. The van der Waals surface area contributed by atoms with E-state index in [2.05, 4.69) is 63.0 Å². The van der Waals surface area contributed by atoms with Gasteiger partial charge in [-0.3, -0.25) is 14.2 Å². The van der Waals surface area contributed by atoms with Crippen molar-refractivity contribution in [1.29, 1.82) is 0 Å².